The van der Waals surface area contributed by atoms with E-state index in [1.54, 1.807) is 6.92 Å². The predicted molar refractivity (Wildman–Crippen MR) is 66.0 cm³/mol. The summed E-state index contributed by atoms with van der Waals surface area (Å²) in [5.74, 6) is -0.314. The van der Waals surface area contributed by atoms with Crippen LogP contribution in [0, 0.1) is 0 Å². The lowest BCUT2D eigenvalue weighted by Crippen LogP contribution is -2.51. The monoisotopic (exact) mass is 255 g/mol. The molecule has 3 N–H and O–H groups in total. The fraction of sp³-hybridized carbons (Fsp3) is 0.833. The van der Waals surface area contributed by atoms with Gasteiger partial charge in [0.1, 0.15) is 0 Å². The van der Waals surface area contributed by atoms with Crippen LogP contribution in [0.2, 0.25) is 0 Å². The highest BCUT2D eigenvalue weighted by Crippen LogP contribution is 2.20. The first-order chi connectivity index (χ1) is 8.44. The molecule has 1 unspecified atom stereocenters. The standard InChI is InChI=1S/C12H21N3O3/c1-12(18)5-2-6-15(8-12)7-10(16)14-11(17)13-9-3-4-9/h9,18H,2-8H2,1H3,(H2,13,14,16,17). The molecule has 0 aromatic carbocycles. The smallest absolute Gasteiger partial charge is 0.321 e. The fourth-order valence-corrected chi connectivity index (χ4v) is 2.28. The number of imide groups is 1. The number of β-amino-alcohol motifs (C(OH)–C–C–N with tert-alkyl or cyclic N) is 1. The van der Waals surface area contributed by atoms with Gasteiger partial charge in [0, 0.05) is 12.6 Å². The minimum absolute atomic E-state index is 0.161. The van der Waals surface area contributed by atoms with Gasteiger partial charge in [-0.25, -0.2) is 4.79 Å². The lowest BCUT2D eigenvalue weighted by atomic mass is 9.95. The third kappa shape index (κ3) is 4.27. The van der Waals surface area contributed by atoms with Gasteiger partial charge in [0.2, 0.25) is 5.91 Å². The fourth-order valence-electron chi connectivity index (χ4n) is 2.28. The average molecular weight is 255 g/mol. The van der Waals surface area contributed by atoms with Gasteiger partial charge in [-0.3, -0.25) is 15.0 Å². The topological polar surface area (TPSA) is 81.7 Å². The third-order valence-corrected chi connectivity index (χ3v) is 3.29. The van der Waals surface area contributed by atoms with Crippen LogP contribution in [0.5, 0.6) is 0 Å². The van der Waals surface area contributed by atoms with E-state index in [1.807, 2.05) is 4.90 Å². The first-order valence-electron chi connectivity index (χ1n) is 6.50. The molecule has 6 heteroatoms. The first kappa shape index (κ1) is 13.3. The lowest BCUT2D eigenvalue weighted by molar-refractivity contribution is -0.122. The average Bonchev–Trinajstić information content (AvgIpc) is 2.98. The Morgan fingerprint density at radius 1 is 1.44 bits per heavy atom. The molecule has 0 radical (unpaired) electrons. The van der Waals surface area contributed by atoms with Crippen LogP contribution in [-0.2, 0) is 4.79 Å². The SMILES string of the molecule is CC1(O)CCCN(CC(=O)NC(=O)NC2CC2)C1. The summed E-state index contributed by atoms with van der Waals surface area (Å²) in [7, 11) is 0. The van der Waals surface area contributed by atoms with Crippen molar-refractivity contribution >= 4 is 11.9 Å². The second-order valence-electron chi connectivity index (χ2n) is 5.61. The zero-order valence-corrected chi connectivity index (χ0v) is 10.7. The number of carbonyl (C=O) groups excluding carboxylic acids is 2. The maximum atomic E-state index is 11.6. The number of urea groups is 1. The number of carbonyl (C=O) groups is 2. The van der Waals surface area contributed by atoms with Crippen LogP contribution in [0.4, 0.5) is 4.79 Å². The van der Waals surface area contributed by atoms with E-state index in [4.69, 9.17) is 0 Å². The Balaban J connectivity index is 1.71. The zero-order valence-electron chi connectivity index (χ0n) is 10.7. The summed E-state index contributed by atoms with van der Waals surface area (Å²) in [5, 5.41) is 14.9. The molecule has 1 aliphatic carbocycles. The van der Waals surface area contributed by atoms with Crippen molar-refractivity contribution < 1.29 is 14.7 Å². The number of piperidine rings is 1. The molecule has 102 valence electrons. The summed E-state index contributed by atoms with van der Waals surface area (Å²) in [6.45, 7) is 3.20. The quantitative estimate of drug-likeness (QED) is 0.653. The van der Waals surface area contributed by atoms with Crippen LogP contribution in [0.15, 0.2) is 0 Å². The molecule has 1 saturated carbocycles. The Bertz CT molecular complexity index is 339. The van der Waals surface area contributed by atoms with Crippen molar-refractivity contribution in [3.8, 4) is 0 Å². The van der Waals surface area contributed by atoms with Crippen molar-refractivity contribution in [1.82, 2.24) is 15.5 Å². The summed E-state index contributed by atoms with van der Waals surface area (Å²) in [6.07, 6.45) is 3.62. The number of hydrogen-bond acceptors (Lipinski definition) is 4. The first-order valence-corrected chi connectivity index (χ1v) is 6.50. The van der Waals surface area contributed by atoms with Crippen molar-refractivity contribution in [3.05, 3.63) is 0 Å². The lowest BCUT2D eigenvalue weighted by Gasteiger charge is -2.36. The van der Waals surface area contributed by atoms with Gasteiger partial charge in [-0.05, 0) is 39.2 Å². The van der Waals surface area contributed by atoms with E-state index in [9.17, 15) is 14.7 Å². The number of hydrogen-bond donors (Lipinski definition) is 3. The summed E-state index contributed by atoms with van der Waals surface area (Å²) < 4.78 is 0. The predicted octanol–water partition coefficient (Wildman–Crippen LogP) is -0.179. The van der Waals surface area contributed by atoms with Gasteiger partial charge in [-0.1, -0.05) is 0 Å². The molecule has 1 saturated heterocycles. The van der Waals surface area contributed by atoms with Gasteiger partial charge in [-0.2, -0.15) is 0 Å². The Morgan fingerprint density at radius 2 is 2.17 bits per heavy atom. The van der Waals surface area contributed by atoms with E-state index in [0.29, 0.717) is 6.54 Å². The van der Waals surface area contributed by atoms with Crippen LogP contribution >= 0.6 is 0 Å². The van der Waals surface area contributed by atoms with Crippen LogP contribution in [0.3, 0.4) is 0 Å². The number of likely N-dealkylation sites (tertiary alicyclic amines) is 1. The van der Waals surface area contributed by atoms with Gasteiger partial charge in [0.15, 0.2) is 0 Å². The van der Waals surface area contributed by atoms with Gasteiger partial charge in [-0.15, -0.1) is 0 Å². The molecule has 2 aliphatic rings. The van der Waals surface area contributed by atoms with E-state index < -0.39 is 11.6 Å². The van der Waals surface area contributed by atoms with E-state index in [2.05, 4.69) is 10.6 Å². The molecular formula is C12H21N3O3. The van der Waals surface area contributed by atoms with Gasteiger partial charge in [0.25, 0.3) is 0 Å². The van der Waals surface area contributed by atoms with Gasteiger partial charge in [0.05, 0.1) is 12.1 Å². The molecule has 6 nitrogen and oxygen atoms in total. The van der Waals surface area contributed by atoms with Crippen LogP contribution in [-0.4, -0.2) is 53.2 Å². The van der Waals surface area contributed by atoms with Crippen LogP contribution < -0.4 is 10.6 Å². The number of nitrogens with zero attached hydrogens (tertiary/aromatic N) is 1. The van der Waals surface area contributed by atoms with Crippen LogP contribution in [0.25, 0.3) is 0 Å². The largest absolute Gasteiger partial charge is 0.389 e. The van der Waals surface area contributed by atoms with Crippen molar-refractivity contribution in [3.63, 3.8) is 0 Å². The molecule has 18 heavy (non-hydrogen) atoms. The summed E-state index contributed by atoms with van der Waals surface area (Å²) in [5.41, 5.74) is -0.727. The normalized spacial score (nSPS) is 28.8. The van der Waals surface area contributed by atoms with E-state index in [1.165, 1.54) is 0 Å². The summed E-state index contributed by atoms with van der Waals surface area (Å²) in [4.78, 5) is 24.9. The maximum absolute atomic E-state index is 11.6. The van der Waals surface area contributed by atoms with Gasteiger partial charge < -0.3 is 10.4 Å². The van der Waals surface area contributed by atoms with Crippen molar-refractivity contribution in [2.24, 2.45) is 0 Å². The third-order valence-electron chi connectivity index (χ3n) is 3.29. The van der Waals surface area contributed by atoms with E-state index in [-0.39, 0.29) is 18.5 Å². The highest BCUT2D eigenvalue weighted by Gasteiger charge is 2.29. The molecule has 3 amide bonds. The Labute approximate surface area is 107 Å². The zero-order chi connectivity index (χ0) is 13.2. The summed E-state index contributed by atoms with van der Waals surface area (Å²) >= 11 is 0. The molecule has 0 aromatic rings. The van der Waals surface area contributed by atoms with Crippen molar-refractivity contribution in [1.29, 1.82) is 0 Å². The Kier molecular flexibility index (Phi) is 3.87. The number of rotatable bonds is 3. The molecule has 1 atom stereocenters. The molecule has 1 heterocycles. The molecule has 0 aromatic heterocycles. The molecule has 0 spiro atoms. The number of nitrogens with one attached hydrogen (secondary N) is 2. The van der Waals surface area contributed by atoms with Crippen molar-refractivity contribution in [2.45, 2.75) is 44.2 Å². The minimum Gasteiger partial charge on any atom is -0.389 e. The van der Waals surface area contributed by atoms with E-state index >= 15 is 0 Å². The maximum Gasteiger partial charge on any atom is 0.321 e. The molecule has 2 rings (SSSR count). The molecular weight excluding hydrogens is 234 g/mol. The molecule has 2 fully saturated rings. The van der Waals surface area contributed by atoms with E-state index in [0.717, 1.165) is 32.2 Å². The Hall–Kier alpha value is -1.14. The number of amides is 3. The minimum atomic E-state index is -0.727. The number of aliphatic hydroxyl groups is 1. The van der Waals surface area contributed by atoms with Gasteiger partial charge >= 0.3 is 6.03 Å². The molecule has 0 bridgehead atoms. The second kappa shape index (κ2) is 5.24. The second-order valence-corrected chi connectivity index (χ2v) is 5.61. The van der Waals surface area contributed by atoms with Crippen molar-refractivity contribution in [2.75, 3.05) is 19.6 Å². The Morgan fingerprint density at radius 3 is 2.78 bits per heavy atom. The molecule has 1 aliphatic heterocycles. The highest BCUT2D eigenvalue weighted by atomic mass is 16.3. The highest BCUT2D eigenvalue weighted by molar-refractivity contribution is 5.95. The van der Waals surface area contributed by atoms with Crippen LogP contribution in [0.1, 0.15) is 32.6 Å². The summed E-state index contributed by atoms with van der Waals surface area (Å²) in [6, 6.07) is -0.167.